The minimum Gasteiger partial charge on any atom is -0.744 e. The third-order valence-corrected chi connectivity index (χ3v) is 19.8. The van der Waals surface area contributed by atoms with E-state index in [4.69, 9.17) is 14.5 Å². The third kappa shape index (κ3) is 13.3. The number of anilines is 2. The molecule has 1 saturated heterocycles. The number of carbonyl (C=O) groups is 1. The Kier molecular flexibility index (Phi) is 17.8. The molecule has 28 nitrogen and oxygen atoms in total. The van der Waals surface area contributed by atoms with Crippen LogP contribution in [-0.2, 0) is 67.4 Å². The highest BCUT2D eigenvalue weighted by atomic mass is 32.2. The maximum absolute atomic E-state index is 12.8. The van der Waals surface area contributed by atoms with Crippen molar-refractivity contribution in [3.05, 3.63) is 84.1 Å². The number of allylic oxidation sites excluding steroid dienone is 4. The van der Waals surface area contributed by atoms with Gasteiger partial charge in [0.15, 0.2) is 28.9 Å². The number of benzene rings is 2. The van der Waals surface area contributed by atoms with Gasteiger partial charge in [0.25, 0.3) is 10.1 Å². The average molecular weight is 1200 g/mol. The molecule has 8 atom stereocenters. The molecule has 432 valence electrons. The molecule has 4 aliphatic rings. The van der Waals surface area contributed by atoms with E-state index in [0.717, 1.165) is 48.5 Å². The van der Waals surface area contributed by atoms with Crippen LogP contribution in [0.2, 0.25) is 0 Å². The molecule has 1 aliphatic carbocycles. The summed E-state index contributed by atoms with van der Waals surface area (Å²) in [7, 11) is -26.3. The number of aliphatic hydroxyl groups excluding tert-OH is 2. The molecule has 0 radical (unpaired) electrons. The van der Waals surface area contributed by atoms with Crippen molar-refractivity contribution in [3.8, 4) is 0 Å². The number of aromatic nitrogens is 4. The van der Waals surface area contributed by atoms with Gasteiger partial charge in [0.05, 0.1) is 28.1 Å². The Morgan fingerprint density at radius 2 is 1.57 bits per heavy atom. The number of unbranched alkanes of at least 4 members (excludes halogenated alkanes) is 5. The number of nitrogens with one attached hydrogen (secondary N) is 2. The number of imidazole rings is 1. The summed E-state index contributed by atoms with van der Waals surface area (Å²) in [6, 6.07) is 8.97. The molecule has 4 unspecified atom stereocenters. The van der Waals surface area contributed by atoms with Crippen molar-refractivity contribution in [2.24, 2.45) is 0 Å². The van der Waals surface area contributed by atoms with Crippen molar-refractivity contribution in [3.63, 3.8) is 0 Å². The van der Waals surface area contributed by atoms with Gasteiger partial charge in [0.1, 0.15) is 41.3 Å². The van der Waals surface area contributed by atoms with Crippen molar-refractivity contribution in [1.29, 1.82) is 0 Å². The molecule has 2 aromatic carbocycles. The third-order valence-electron chi connectivity index (χ3n) is 14.3. The first-order valence-electron chi connectivity index (χ1n) is 25.0. The van der Waals surface area contributed by atoms with Crippen LogP contribution in [0.1, 0.15) is 95.9 Å². The van der Waals surface area contributed by atoms with Gasteiger partial charge in [0, 0.05) is 67.0 Å². The first kappa shape index (κ1) is 60.4. The summed E-state index contributed by atoms with van der Waals surface area (Å²) >= 11 is 0. The highest BCUT2D eigenvalue weighted by Gasteiger charge is 2.56. The Labute approximate surface area is 454 Å². The zero-order valence-electron chi connectivity index (χ0n) is 42.8. The molecular formula is C46H61N8O20P3S2. The molecule has 1 fully saturated rings. The maximum atomic E-state index is 12.8. The average Bonchev–Trinajstić information content (AvgIpc) is 3.85. The minimum atomic E-state index is -5.79. The van der Waals surface area contributed by atoms with E-state index in [0.29, 0.717) is 75.2 Å². The Bertz CT molecular complexity index is 3490. The van der Waals surface area contributed by atoms with Crippen LogP contribution in [0.3, 0.4) is 0 Å². The zero-order valence-corrected chi connectivity index (χ0v) is 47.2. The van der Waals surface area contributed by atoms with E-state index >= 15 is 0 Å². The molecule has 4 aromatic rings. The van der Waals surface area contributed by atoms with Gasteiger partial charge in [-0.2, -0.15) is 21.6 Å². The second-order valence-electron chi connectivity index (χ2n) is 19.8. The molecule has 0 bridgehead atoms. The largest absolute Gasteiger partial charge is 0.744 e. The normalized spacial score (nSPS) is 24.5. The lowest BCUT2D eigenvalue weighted by Crippen LogP contribution is -2.41. The Balaban J connectivity index is 0.788. The van der Waals surface area contributed by atoms with E-state index in [1.54, 1.807) is 12.1 Å². The highest BCUT2D eigenvalue weighted by molar-refractivity contribution is 7.86. The summed E-state index contributed by atoms with van der Waals surface area (Å²) < 4.78 is 128. The van der Waals surface area contributed by atoms with Gasteiger partial charge in [0.2, 0.25) is 11.6 Å². The number of hydrogen-bond donors (Lipinski definition) is 9. The smallest absolute Gasteiger partial charge is 0.490 e. The van der Waals surface area contributed by atoms with E-state index in [-0.39, 0.29) is 26.9 Å². The van der Waals surface area contributed by atoms with Crippen LogP contribution in [0, 0.1) is 0 Å². The fraction of sp³-hybridized carbons (Fsp3) is 0.500. The van der Waals surface area contributed by atoms with E-state index in [1.807, 2.05) is 39.0 Å². The van der Waals surface area contributed by atoms with Gasteiger partial charge in [-0.25, -0.2) is 37.1 Å². The van der Waals surface area contributed by atoms with Crippen molar-refractivity contribution in [2.45, 2.75) is 124 Å². The Hall–Kier alpha value is -4.68. The quantitative estimate of drug-likeness (QED) is 0.0193. The minimum absolute atomic E-state index is 0.0755. The number of aliphatic hydroxyl groups is 2. The van der Waals surface area contributed by atoms with Gasteiger partial charge >= 0.3 is 23.5 Å². The number of amides is 1. The lowest BCUT2D eigenvalue weighted by molar-refractivity contribution is -0.438. The van der Waals surface area contributed by atoms with Crippen LogP contribution in [0.5, 0.6) is 0 Å². The van der Waals surface area contributed by atoms with Crippen LogP contribution in [0.15, 0.2) is 82.8 Å². The summed E-state index contributed by atoms with van der Waals surface area (Å²) in [6.07, 6.45) is 7.91. The molecule has 2 aromatic heterocycles. The molecular weight excluding hydrogens is 1140 g/mol. The van der Waals surface area contributed by atoms with E-state index in [2.05, 4.69) is 48.2 Å². The maximum Gasteiger partial charge on any atom is 0.490 e. The standard InChI is InChI=1S/C46H61N8O20P3S2/c1-4-52-33-18-16-29(78(65,66)67)23-31(33)45(2)26-46(3)32-24-30(79(68,69)70)17-19-34(32)53(37(46)14-12-13-36(45)52)22-11-7-8-15-38(55)47-20-9-5-6-10-21-48-42-39-43(50-27-49-42)54(28-51-39)44-41(57)40(56)35(72-44)25-71-76(61,62)74-77(63,64)73-75(58,59)60/h12-14,16-19,23-24,27-28,35,40-41,44,56-57H,4-11,15,20-22,25-26H2,1-3H3,(H7-,47,48,49,50,55,58,59,60,61,62,63,64,65,66,67,68,69,70)/t35-,40-,41-,44-,45?,46?/m1/s1. The van der Waals surface area contributed by atoms with Gasteiger partial charge in [-0.05, 0) is 94.8 Å². The first-order valence-corrected chi connectivity index (χ1v) is 32.4. The molecule has 3 aliphatic heterocycles. The zero-order chi connectivity index (χ0) is 57.5. The number of phosphoric acid groups is 3. The predicted octanol–water partition coefficient (Wildman–Crippen LogP) is 4.29. The Morgan fingerprint density at radius 1 is 0.873 bits per heavy atom. The summed E-state index contributed by atoms with van der Waals surface area (Å²) in [5, 5.41) is 27.5. The van der Waals surface area contributed by atoms with E-state index in [1.165, 1.54) is 41.5 Å². The van der Waals surface area contributed by atoms with Crippen LogP contribution in [-0.4, -0.2) is 143 Å². The lowest BCUT2D eigenvalue weighted by Gasteiger charge is -2.37. The van der Waals surface area contributed by atoms with Gasteiger partial charge in [-0.3, -0.25) is 18.4 Å². The number of hydrogen-bond acceptors (Lipinski definition) is 20. The number of rotatable bonds is 25. The molecule has 33 heteroatoms. The second-order valence-corrected chi connectivity index (χ2v) is 27.0. The summed E-state index contributed by atoms with van der Waals surface area (Å²) in [5.41, 5.74) is 3.43. The SMILES string of the molecule is CCN1C2=CC=CC3=[N+](CCCCCC(=O)NCCCCCCNc4ncnc5c4ncn5[C@@H]4O[C@H](COP(=O)(O)OP(=O)(O)OP(=O)(O)O)[C@@H](O)[C@H]4O)c4ccc(S(=O)(=O)O)cc4C3(C)CC2(C)c2cc(S(=O)(=O)[O-])ccc21. The van der Waals surface area contributed by atoms with Gasteiger partial charge < -0.3 is 54.6 Å². The predicted molar refractivity (Wildman–Crippen MR) is 280 cm³/mol. The van der Waals surface area contributed by atoms with E-state index in [9.17, 15) is 64.4 Å². The molecule has 1 amide bonds. The first-order chi connectivity index (χ1) is 37.0. The van der Waals surface area contributed by atoms with Crippen LogP contribution < -0.4 is 15.5 Å². The fourth-order valence-electron chi connectivity index (χ4n) is 10.9. The molecule has 5 heterocycles. The topological polar surface area (TPSA) is 412 Å². The summed E-state index contributed by atoms with van der Waals surface area (Å²) in [6.45, 7) is 7.06. The number of phosphoric ester groups is 1. The molecule has 8 rings (SSSR count). The Morgan fingerprint density at radius 3 is 2.27 bits per heavy atom. The van der Waals surface area contributed by atoms with Gasteiger partial charge in [-0.1, -0.05) is 18.9 Å². The summed E-state index contributed by atoms with van der Waals surface area (Å²) in [4.78, 5) is 63.7. The van der Waals surface area contributed by atoms with Crippen LogP contribution in [0.4, 0.5) is 17.2 Å². The van der Waals surface area contributed by atoms with Crippen molar-refractivity contribution < 1.29 is 96.7 Å². The van der Waals surface area contributed by atoms with Crippen molar-refractivity contribution >= 4 is 83.7 Å². The molecule has 9 N–H and O–H groups in total. The molecule has 0 spiro atoms. The number of nitrogens with zero attached hydrogens (tertiary/aromatic N) is 6. The fourth-order valence-corrected chi connectivity index (χ4v) is 14.9. The number of fused-ring (bicyclic) bond motifs is 7. The van der Waals surface area contributed by atoms with Crippen LogP contribution in [0.25, 0.3) is 11.2 Å². The number of likely N-dealkylation sites (N-methyl/N-ethyl adjacent to an activating group) is 1. The lowest BCUT2D eigenvalue weighted by atomic mass is 9.64. The molecule has 0 saturated carbocycles. The van der Waals surface area contributed by atoms with Crippen LogP contribution >= 0.6 is 23.5 Å². The summed E-state index contributed by atoms with van der Waals surface area (Å²) in [5.74, 6) is 0.277. The number of ether oxygens (including phenoxy) is 1. The highest BCUT2D eigenvalue weighted by Crippen LogP contribution is 2.66. The van der Waals surface area contributed by atoms with Crippen molar-refractivity contribution in [2.75, 3.05) is 43.0 Å². The van der Waals surface area contributed by atoms with Crippen molar-refractivity contribution in [1.82, 2.24) is 24.8 Å². The van der Waals surface area contributed by atoms with Gasteiger partial charge in [-0.15, -0.1) is 0 Å². The number of carbonyl (C=O) groups excluding carboxylic acids is 1. The van der Waals surface area contributed by atoms with E-state index < -0.39 is 85.7 Å². The molecule has 79 heavy (non-hydrogen) atoms. The second kappa shape index (κ2) is 23.3. The monoisotopic (exact) mass is 1200 g/mol.